The summed E-state index contributed by atoms with van der Waals surface area (Å²) in [5, 5.41) is 0. The molecule has 2 amide bonds. The van der Waals surface area contributed by atoms with Gasteiger partial charge >= 0.3 is 0 Å². The summed E-state index contributed by atoms with van der Waals surface area (Å²) >= 11 is 0. The maximum atomic E-state index is 12.7. The Labute approximate surface area is 155 Å². The lowest BCUT2D eigenvalue weighted by atomic mass is 9.90. The molecule has 2 aromatic carbocycles. The molecule has 0 unspecified atom stereocenters. The van der Waals surface area contributed by atoms with Crippen molar-refractivity contribution in [3.63, 3.8) is 0 Å². The van der Waals surface area contributed by atoms with Crippen molar-refractivity contribution in [1.82, 2.24) is 4.90 Å². The molecule has 1 fully saturated rings. The standard InChI is InChI=1S/C22H26N2O2/c1-18(25)24(21-10-6-3-7-11-21)17-22(26)23-14-12-20(13-15-23)16-19-8-4-2-5-9-19/h2-11,20H,12-17H2,1H3. The smallest absolute Gasteiger partial charge is 0.242 e. The molecule has 0 saturated carbocycles. The second-order valence-corrected chi connectivity index (χ2v) is 6.95. The number of rotatable bonds is 5. The van der Waals surface area contributed by atoms with Crippen molar-refractivity contribution in [2.75, 3.05) is 24.5 Å². The molecule has 0 spiro atoms. The minimum absolute atomic E-state index is 0.0298. The molecule has 1 aliphatic heterocycles. The van der Waals surface area contributed by atoms with E-state index in [1.165, 1.54) is 12.5 Å². The van der Waals surface area contributed by atoms with Crippen LogP contribution >= 0.6 is 0 Å². The molecule has 0 atom stereocenters. The first-order valence-electron chi connectivity index (χ1n) is 9.28. The summed E-state index contributed by atoms with van der Waals surface area (Å²) in [5.41, 5.74) is 2.14. The van der Waals surface area contributed by atoms with E-state index in [9.17, 15) is 9.59 Å². The number of anilines is 1. The van der Waals surface area contributed by atoms with Crippen LogP contribution < -0.4 is 4.90 Å². The second-order valence-electron chi connectivity index (χ2n) is 6.95. The lowest BCUT2D eigenvalue weighted by molar-refractivity contribution is -0.132. The number of hydrogen-bond acceptors (Lipinski definition) is 2. The number of carbonyl (C=O) groups excluding carboxylic acids is 2. The molecule has 0 radical (unpaired) electrons. The quantitative estimate of drug-likeness (QED) is 0.828. The molecule has 1 aliphatic rings. The van der Waals surface area contributed by atoms with Gasteiger partial charge in [0.05, 0.1) is 0 Å². The lowest BCUT2D eigenvalue weighted by Crippen LogP contribution is -2.45. The average Bonchev–Trinajstić information content (AvgIpc) is 2.68. The number of nitrogens with zero attached hydrogens (tertiary/aromatic N) is 2. The maximum absolute atomic E-state index is 12.7. The van der Waals surface area contributed by atoms with Crippen molar-refractivity contribution in [2.45, 2.75) is 26.2 Å². The largest absolute Gasteiger partial charge is 0.341 e. The van der Waals surface area contributed by atoms with E-state index in [0.717, 1.165) is 38.0 Å². The molecule has 2 aromatic rings. The van der Waals surface area contributed by atoms with E-state index in [2.05, 4.69) is 24.3 Å². The van der Waals surface area contributed by atoms with Crippen LogP contribution in [-0.4, -0.2) is 36.3 Å². The molecule has 26 heavy (non-hydrogen) atoms. The SMILES string of the molecule is CC(=O)N(CC(=O)N1CCC(Cc2ccccc2)CC1)c1ccccc1. The lowest BCUT2D eigenvalue weighted by Gasteiger charge is -2.33. The topological polar surface area (TPSA) is 40.6 Å². The molecule has 1 saturated heterocycles. The van der Waals surface area contributed by atoms with Crippen molar-refractivity contribution >= 4 is 17.5 Å². The van der Waals surface area contributed by atoms with Gasteiger partial charge in [-0.2, -0.15) is 0 Å². The number of piperidine rings is 1. The van der Waals surface area contributed by atoms with E-state index in [1.807, 2.05) is 41.3 Å². The van der Waals surface area contributed by atoms with Gasteiger partial charge in [0.25, 0.3) is 0 Å². The molecule has 136 valence electrons. The van der Waals surface area contributed by atoms with Crippen LogP contribution in [0.4, 0.5) is 5.69 Å². The van der Waals surface area contributed by atoms with Gasteiger partial charge in [-0.15, -0.1) is 0 Å². The third kappa shape index (κ3) is 4.72. The Kier molecular flexibility index (Phi) is 6.05. The fourth-order valence-electron chi connectivity index (χ4n) is 3.56. The van der Waals surface area contributed by atoms with Crippen LogP contribution in [0.25, 0.3) is 0 Å². The van der Waals surface area contributed by atoms with Crippen LogP contribution in [0.2, 0.25) is 0 Å². The predicted molar refractivity (Wildman–Crippen MR) is 104 cm³/mol. The number of amides is 2. The van der Waals surface area contributed by atoms with Gasteiger partial charge < -0.3 is 9.80 Å². The molecule has 3 rings (SSSR count). The molecule has 4 nitrogen and oxygen atoms in total. The number of hydrogen-bond donors (Lipinski definition) is 0. The third-order valence-corrected chi connectivity index (χ3v) is 5.08. The Hall–Kier alpha value is -2.62. The van der Waals surface area contributed by atoms with Gasteiger partial charge in [0, 0.05) is 25.7 Å². The highest BCUT2D eigenvalue weighted by atomic mass is 16.2. The summed E-state index contributed by atoms with van der Waals surface area (Å²) in [5.74, 6) is 0.546. The van der Waals surface area contributed by atoms with E-state index >= 15 is 0 Å². The number of para-hydroxylation sites is 1. The predicted octanol–water partition coefficient (Wildman–Crippen LogP) is 3.52. The molecular formula is C22H26N2O2. The molecule has 1 heterocycles. The monoisotopic (exact) mass is 350 g/mol. The van der Waals surface area contributed by atoms with Crippen LogP contribution in [0.1, 0.15) is 25.3 Å². The van der Waals surface area contributed by atoms with E-state index in [-0.39, 0.29) is 18.4 Å². The Balaban J connectivity index is 1.53. The minimum Gasteiger partial charge on any atom is -0.341 e. The van der Waals surface area contributed by atoms with Crippen molar-refractivity contribution in [2.24, 2.45) is 5.92 Å². The average molecular weight is 350 g/mol. The molecule has 0 N–H and O–H groups in total. The summed E-state index contributed by atoms with van der Waals surface area (Å²) < 4.78 is 0. The van der Waals surface area contributed by atoms with E-state index in [0.29, 0.717) is 5.92 Å². The molecular weight excluding hydrogens is 324 g/mol. The summed E-state index contributed by atoms with van der Waals surface area (Å²) in [6, 6.07) is 19.9. The Morgan fingerprint density at radius 2 is 1.54 bits per heavy atom. The number of carbonyl (C=O) groups is 2. The van der Waals surface area contributed by atoms with Crippen LogP contribution in [0, 0.1) is 5.92 Å². The van der Waals surface area contributed by atoms with E-state index in [1.54, 1.807) is 4.90 Å². The zero-order chi connectivity index (χ0) is 18.4. The van der Waals surface area contributed by atoms with Crippen LogP contribution in [0.15, 0.2) is 60.7 Å². The molecule has 0 aromatic heterocycles. The highest BCUT2D eigenvalue weighted by Crippen LogP contribution is 2.22. The van der Waals surface area contributed by atoms with Crippen molar-refractivity contribution in [3.05, 3.63) is 66.2 Å². The first kappa shape index (κ1) is 18.2. The van der Waals surface area contributed by atoms with Crippen LogP contribution in [0.5, 0.6) is 0 Å². The summed E-state index contributed by atoms with van der Waals surface area (Å²) in [4.78, 5) is 28.1. The Morgan fingerprint density at radius 1 is 0.962 bits per heavy atom. The van der Waals surface area contributed by atoms with Crippen LogP contribution in [-0.2, 0) is 16.0 Å². The van der Waals surface area contributed by atoms with E-state index in [4.69, 9.17) is 0 Å². The fourth-order valence-corrected chi connectivity index (χ4v) is 3.56. The van der Waals surface area contributed by atoms with Gasteiger partial charge in [0.15, 0.2) is 0 Å². The zero-order valence-corrected chi connectivity index (χ0v) is 15.3. The van der Waals surface area contributed by atoms with Gasteiger partial charge in [-0.25, -0.2) is 0 Å². The Bertz CT molecular complexity index is 722. The summed E-state index contributed by atoms with van der Waals surface area (Å²) in [6.45, 7) is 3.17. The van der Waals surface area contributed by atoms with Crippen molar-refractivity contribution in [3.8, 4) is 0 Å². The second kappa shape index (κ2) is 8.65. The van der Waals surface area contributed by atoms with Gasteiger partial charge in [-0.3, -0.25) is 9.59 Å². The first-order chi connectivity index (χ1) is 12.6. The first-order valence-corrected chi connectivity index (χ1v) is 9.28. The highest BCUT2D eigenvalue weighted by Gasteiger charge is 2.25. The van der Waals surface area contributed by atoms with Gasteiger partial charge in [0.1, 0.15) is 6.54 Å². The minimum atomic E-state index is -0.108. The van der Waals surface area contributed by atoms with Gasteiger partial charge in [0.2, 0.25) is 11.8 Å². The maximum Gasteiger partial charge on any atom is 0.242 e. The summed E-state index contributed by atoms with van der Waals surface area (Å²) in [6.07, 6.45) is 3.12. The zero-order valence-electron chi connectivity index (χ0n) is 15.3. The Morgan fingerprint density at radius 3 is 2.12 bits per heavy atom. The van der Waals surface area contributed by atoms with Crippen molar-refractivity contribution in [1.29, 1.82) is 0 Å². The fraction of sp³-hybridized carbons (Fsp3) is 0.364. The van der Waals surface area contributed by atoms with Crippen molar-refractivity contribution < 1.29 is 9.59 Å². The molecule has 0 aliphatic carbocycles. The molecule has 0 bridgehead atoms. The molecule has 4 heteroatoms. The van der Waals surface area contributed by atoms with E-state index < -0.39 is 0 Å². The number of likely N-dealkylation sites (tertiary alicyclic amines) is 1. The number of benzene rings is 2. The normalized spacial score (nSPS) is 14.9. The van der Waals surface area contributed by atoms with Crippen LogP contribution in [0.3, 0.4) is 0 Å². The van der Waals surface area contributed by atoms with Gasteiger partial charge in [-0.1, -0.05) is 48.5 Å². The summed E-state index contributed by atoms with van der Waals surface area (Å²) in [7, 11) is 0. The van der Waals surface area contributed by atoms with Gasteiger partial charge in [-0.05, 0) is 42.9 Å². The highest BCUT2D eigenvalue weighted by molar-refractivity contribution is 5.97. The third-order valence-electron chi connectivity index (χ3n) is 5.08.